The Bertz CT molecular complexity index is 958. The van der Waals surface area contributed by atoms with Gasteiger partial charge in [-0.2, -0.15) is 18.1 Å². The van der Waals surface area contributed by atoms with Crippen LogP contribution < -0.4 is 0 Å². The van der Waals surface area contributed by atoms with Crippen LogP contribution in [-0.4, -0.2) is 55.9 Å². The molecule has 3 rings (SSSR count). The number of urea groups is 1. The van der Waals surface area contributed by atoms with E-state index in [4.69, 9.17) is 5.41 Å². The van der Waals surface area contributed by atoms with Crippen molar-refractivity contribution in [2.75, 3.05) is 13.1 Å². The van der Waals surface area contributed by atoms with Gasteiger partial charge in [-0.05, 0) is 31.0 Å². The summed E-state index contributed by atoms with van der Waals surface area (Å²) in [6.45, 7) is 0.768. The van der Waals surface area contributed by atoms with Crippen LogP contribution in [0.4, 0.5) is 22.8 Å². The number of halogens is 3. The van der Waals surface area contributed by atoms with Crippen LogP contribution in [0.2, 0.25) is 0 Å². The summed E-state index contributed by atoms with van der Waals surface area (Å²) in [6, 6.07) is 4.72. The number of carboxylic acid groups (broad SMARTS) is 1. The van der Waals surface area contributed by atoms with E-state index in [1.165, 1.54) is 23.1 Å². The molecule has 1 aromatic heterocycles. The highest BCUT2D eigenvalue weighted by Gasteiger charge is 2.33. The number of amidine groups is 1. The van der Waals surface area contributed by atoms with Gasteiger partial charge in [-0.3, -0.25) is 5.41 Å². The summed E-state index contributed by atoms with van der Waals surface area (Å²) in [5.74, 6) is -0.704. The lowest BCUT2D eigenvalue weighted by atomic mass is 10.1. The fraction of sp³-hybridized carbons (Fsp3) is 0.278. The highest BCUT2D eigenvalue weighted by atomic mass is 19.4. The van der Waals surface area contributed by atoms with E-state index >= 15 is 0 Å². The molecule has 1 aliphatic rings. The van der Waals surface area contributed by atoms with Crippen LogP contribution in [0.1, 0.15) is 24.1 Å². The molecule has 8 nitrogen and oxygen atoms in total. The molecule has 0 aliphatic carbocycles. The topological polar surface area (TPSA) is 110 Å². The Morgan fingerprint density at radius 3 is 2.45 bits per heavy atom. The van der Waals surface area contributed by atoms with Crippen molar-refractivity contribution in [1.29, 1.82) is 5.41 Å². The summed E-state index contributed by atoms with van der Waals surface area (Å²) in [6.07, 6.45) is -3.72. The van der Waals surface area contributed by atoms with E-state index in [1.54, 1.807) is 0 Å². The highest BCUT2D eigenvalue weighted by molar-refractivity contribution is 6.14. The smallest absolute Gasteiger partial charge is 0.421 e. The number of nitrogens with zero attached hydrogens (tertiary/aromatic N) is 4. The third-order valence-corrected chi connectivity index (χ3v) is 4.38. The Morgan fingerprint density at radius 1 is 1.14 bits per heavy atom. The zero-order chi connectivity index (χ0) is 21.2. The molecule has 1 fully saturated rings. The summed E-state index contributed by atoms with van der Waals surface area (Å²) in [4.78, 5) is 33.4. The number of hydrogen-bond donors (Lipinski definition) is 2. The minimum atomic E-state index is -4.54. The molecule has 0 radical (unpaired) electrons. The number of alkyl halides is 3. The molecule has 2 heterocycles. The molecule has 0 spiro atoms. The summed E-state index contributed by atoms with van der Waals surface area (Å²) < 4.78 is 38.8. The third-order valence-electron chi connectivity index (χ3n) is 4.38. The van der Waals surface area contributed by atoms with Crippen molar-refractivity contribution in [3.63, 3.8) is 0 Å². The molecule has 2 aromatic rings. The van der Waals surface area contributed by atoms with Crippen LogP contribution in [0, 0.1) is 5.41 Å². The lowest BCUT2D eigenvalue weighted by Crippen LogP contribution is -2.48. The lowest BCUT2D eigenvalue weighted by Gasteiger charge is -2.24. The van der Waals surface area contributed by atoms with Crippen LogP contribution in [0.15, 0.2) is 36.7 Å². The Balaban J connectivity index is 1.92. The van der Waals surface area contributed by atoms with Crippen molar-refractivity contribution in [3.05, 3.63) is 47.9 Å². The van der Waals surface area contributed by atoms with Crippen molar-refractivity contribution in [2.45, 2.75) is 19.0 Å². The second-order valence-corrected chi connectivity index (χ2v) is 6.31. The molecule has 29 heavy (non-hydrogen) atoms. The fourth-order valence-electron chi connectivity index (χ4n) is 2.94. The maximum Gasteiger partial charge on any atom is 0.421 e. The van der Waals surface area contributed by atoms with E-state index in [1.807, 2.05) is 0 Å². The predicted octanol–water partition coefficient (Wildman–Crippen LogP) is 3.68. The van der Waals surface area contributed by atoms with E-state index in [-0.39, 0.29) is 21.9 Å². The zero-order valence-electron chi connectivity index (χ0n) is 15.0. The average molecular weight is 407 g/mol. The Kier molecular flexibility index (Phi) is 5.48. The Labute approximate surface area is 163 Å². The zero-order valence-corrected chi connectivity index (χ0v) is 15.0. The number of imide groups is 1. The molecule has 1 saturated heterocycles. The summed E-state index contributed by atoms with van der Waals surface area (Å²) in [5, 5.41) is 17.6. The molecular formula is C18H16F3N5O3. The molecule has 1 aromatic carbocycles. The van der Waals surface area contributed by atoms with Gasteiger partial charge in [0.2, 0.25) is 0 Å². The molecule has 0 unspecified atom stereocenters. The van der Waals surface area contributed by atoms with Crippen molar-refractivity contribution >= 4 is 18.0 Å². The van der Waals surface area contributed by atoms with Crippen LogP contribution in [0.3, 0.4) is 0 Å². The van der Waals surface area contributed by atoms with Crippen LogP contribution in [0.25, 0.3) is 11.3 Å². The summed E-state index contributed by atoms with van der Waals surface area (Å²) in [7, 11) is 0. The molecule has 2 N–H and O–H groups in total. The summed E-state index contributed by atoms with van der Waals surface area (Å²) in [5.41, 5.74) is -0.905. The van der Waals surface area contributed by atoms with E-state index in [0.29, 0.717) is 13.1 Å². The molecule has 152 valence electrons. The fourth-order valence-corrected chi connectivity index (χ4v) is 2.94. The van der Waals surface area contributed by atoms with Gasteiger partial charge in [-0.15, -0.1) is 0 Å². The first-order chi connectivity index (χ1) is 13.7. The van der Waals surface area contributed by atoms with Crippen molar-refractivity contribution < 1.29 is 27.9 Å². The monoisotopic (exact) mass is 407 g/mol. The van der Waals surface area contributed by atoms with E-state index in [0.717, 1.165) is 31.3 Å². The molecule has 0 atom stereocenters. The molecule has 0 bridgehead atoms. The maximum atomic E-state index is 12.9. The van der Waals surface area contributed by atoms with Crippen LogP contribution in [-0.2, 0) is 6.18 Å². The largest absolute Gasteiger partial charge is 0.464 e. The number of carbonyl (C=O) groups is 2. The SMILES string of the molecule is N=C(c1cc(-c2cccc(C(F)(F)F)c2)ncn1)N(C(=O)O)C(=O)N1CCCC1. The number of hydrogen-bond acceptors (Lipinski definition) is 5. The van der Waals surface area contributed by atoms with Gasteiger partial charge < -0.3 is 10.0 Å². The number of carbonyl (C=O) groups excluding carboxylic acids is 1. The van der Waals surface area contributed by atoms with Gasteiger partial charge in [-0.1, -0.05) is 12.1 Å². The van der Waals surface area contributed by atoms with E-state index < -0.39 is 29.7 Å². The quantitative estimate of drug-likeness (QED) is 0.583. The average Bonchev–Trinajstić information content (AvgIpc) is 3.22. The molecule has 0 saturated carbocycles. The van der Waals surface area contributed by atoms with Crippen LogP contribution in [0.5, 0.6) is 0 Å². The van der Waals surface area contributed by atoms with E-state index in [9.17, 15) is 27.9 Å². The predicted molar refractivity (Wildman–Crippen MR) is 95.4 cm³/mol. The van der Waals surface area contributed by atoms with Gasteiger partial charge in [-0.25, -0.2) is 19.6 Å². The number of aromatic nitrogens is 2. The number of rotatable bonds is 2. The second kappa shape index (κ2) is 7.86. The maximum absolute atomic E-state index is 12.9. The number of nitrogens with one attached hydrogen (secondary N) is 1. The first-order valence-electron chi connectivity index (χ1n) is 8.59. The van der Waals surface area contributed by atoms with Crippen LogP contribution >= 0.6 is 0 Å². The van der Waals surface area contributed by atoms with Crippen molar-refractivity contribution in [1.82, 2.24) is 19.8 Å². The van der Waals surface area contributed by atoms with Gasteiger partial charge in [0.25, 0.3) is 0 Å². The van der Waals surface area contributed by atoms with E-state index in [2.05, 4.69) is 9.97 Å². The lowest BCUT2D eigenvalue weighted by molar-refractivity contribution is -0.137. The van der Waals surface area contributed by atoms with Crippen molar-refractivity contribution in [2.24, 2.45) is 0 Å². The van der Waals surface area contributed by atoms with Crippen molar-refractivity contribution in [3.8, 4) is 11.3 Å². The van der Waals surface area contributed by atoms with Gasteiger partial charge in [0, 0.05) is 18.7 Å². The second-order valence-electron chi connectivity index (χ2n) is 6.31. The minimum Gasteiger partial charge on any atom is -0.464 e. The van der Waals surface area contributed by atoms with Gasteiger partial charge in [0.05, 0.1) is 11.3 Å². The minimum absolute atomic E-state index is 0.0600. The third kappa shape index (κ3) is 4.33. The number of likely N-dealkylation sites (tertiary alicyclic amines) is 1. The summed E-state index contributed by atoms with van der Waals surface area (Å²) >= 11 is 0. The normalized spacial score (nSPS) is 14.0. The Hall–Kier alpha value is -3.50. The Morgan fingerprint density at radius 2 is 1.83 bits per heavy atom. The number of amides is 3. The van der Waals surface area contributed by atoms with Gasteiger partial charge in [0.15, 0.2) is 5.84 Å². The standard InChI is InChI=1S/C18H16F3N5O3/c19-18(20,21)12-5-3-4-11(8-12)13-9-14(24-10-23-13)15(22)26(17(28)29)16(27)25-6-1-2-7-25/h3-5,8-10,22H,1-2,6-7H2,(H,28,29). The highest BCUT2D eigenvalue weighted by Crippen LogP contribution is 2.31. The first kappa shape index (κ1) is 20.2. The molecular weight excluding hydrogens is 391 g/mol. The molecule has 1 aliphatic heterocycles. The molecule has 3 amide bonds. The first-order valence-corrected chi connectivity index (χ1v) is 8.59. The molecule has 11 heteroatoms. The van der Waals surface area contributed by atoms with Gasteiger partial charge in [0.1, 0.15) is 12.0 Å². The number of benzene rings is 1. The van der Waals surface area contributed by atoms with Gasteiger partial charge >= 0.3 is 18.3 Å².